The van der Waals surface area contributed by atoms with Gasteiger partial charge >= 0.3 is 5.97 Å². The van der Waals surface area contributed by atoms with E-state index in [9.17, 15) is 9.18 Å². The molecule has 0 aliphatic carbocycles. The van der Waals surface area contributed by atoms with Crippen molar-refractivity contribution in [3.8, 4) is 5.75 Å². The number of carboxylic acids is 1. The fourth-order valence-corrected chi connectivity index (χ4v) is 1.89. The van der Waals surface area contributed by atoms with E-state index < -0.39 is 11.8 Å². The Hall–Kier alpha value is -1.23. The third kappa shape index (κ3) is 4.65. The maximum Gasteiger partial charge on any atom is 0.339 e. The molecular formula is C12H15FO3S. The van der Waals surface area contributed by atoms with Gasteiger partial charge in [-0.05, 0) is 36.1 Å². The van der Waals surface area contributed by atoms with E-state index in [-0.39, 0.29) is 11.3 Å². The number of halogens is 1. The molecular weight excluding hydrogens is 243 g/mol. The Balaban J connectivity index is 2.55. The van der Waals surface area contributed by atoms with Crippen molar-refractivity contribution in [1.29, 1.82) is 0 Å². The Labute approximate surface area is 104 Å². The molecule has 0 spiro atoms. The largest absolute Gasteiger partial charge is 0.493 e. The molecule has 0 heterocycles. The minimum Gasteiger partial charge on any atom is -0.493 e. The van der Waals surface area contributed by atoms with E-state index in [1.54, 1.807) is 11.8 Å². The van der Waals surface area contributed by atoms with Gasteiger partial charge in [0, 0.05) is 0 Å². The molecule has 0 aliphatic rings. The van der Waals surface area contributed by atoms with Gasteiger partial charge < -0.3 is 9.84 Å². The number of hydrogen-bond acceptors (Lipinski definition) is 3. The Morgan fingerprint density at radius 1 is 1.53 bits per heavy atom. The van der Waals surface area contributed by atoms with Gasteiger partial charge in [-0.15, -0.1) is 0 Å². The van der Waals surface area contributed by atoms with E-state index in [1.807, 2.05) is 0 Å². The molecule has 0 aliphatic heterocycles. The van der Waals surface area contributed by atoms with Crippen LogP contribution in [0.1, 0.15) is 23.7 Å². The zero-order chi connectivity index (χ0) is 12.7. The number of ether oxygens (including phenoxy) is 1. The summed E-state index contributed by atoms with van der Waals surface area (Å²) < 4.78 is 18.2. The van der Waals surface area contributed by atoms with Crippen LogP contribution in [0.15, 0.2) is 18.2 Å². The van der Waals surface area contributed by atoms with Crippen LogP contribution in [0.4, 0.5) is 4.39 Å². The first-order valence-corrected chi connectivity index (χ1v) is 6.54. The first kappa shape index (κ1) is 13.8. The zero-order valence-corrected chi connectivity index (χ0v) is 10.4. The third-order valence-corrected chi connectivity index (χ3v) is 3.05. The van der Waals surface area contributed by atoms with E-state index in [1.165, 1.54) is 12.1 Å². The van der Waals surface area contributed by atoms with Gasteiger partial charge in [-0.3, -0.25) is 0 Å². The molecule has 17 heavy (non-hydrogen) atoms. The highest BCUT2D eigenvalue weighted by Gasteiger charge is 2.12. The summed E-state index contributed by atoms with van der Waals surface area (Å²) in [5.41, 5.74) is -0.131. The number of benzene rings is 1. The molecule has 0 aromatic heterocycles. The summed E-state index contributed by atoms with van der Waals surface area (Å²) >= 11 is 1.80. The first-order chi connectivity index (χ1) is 8.15. The summed E-state index contributed by atoms with van der Waals surface area (Å²) in [5.74, 6) is 0.496. The van der Waals surface area contributed by atoms with Gasteiger partial charge in [-0.1, -0.05) is 6.92 Å². The molecule has 0 saturated heterocycles. The molecule has 1 rings (SSSR count). The predicted molar refractivity (Wildman–Crippen MR) is 66.5 cm³/mol. The molecule has 0 fully saturated rings. The number of aromatic carboxylic acids is 1. The van der Waals surface area contributed by atoms with Crippen LogP contribution in [-0.4, -0.2) is 29.2 Å². The smallest absolute Gasteiger partial charge is 0.339 e. The molecule has 1 aromatic rings. The van der Waals surface area contributed by atoms with Gasteiger partial charge in [0.2, 0.25) is 0 Å². The number of thioether (sulfide) groups is 1. The fourth-order valence-electron chi connectivity index (χ4n) is 1.28. The lowest BCUT2D eigenvalue weighted by molar-refractivity contribution is 0.0691. The minimum absolute atomic E-state index is 0.131. The lowest BCUT2D eigenvalue weighted by Crippen LogP contribution is -2.05. The van der Waals surface area contributed by atoms with E-state index in [0.29, 0.717) is 6.61 Å². The summed E-state index contributed by atoms with van der Waals surface area (Å²) in [5, 5.41) is 8.88. The van der Waals surface area contributed by atoms with E-state index in [0.717, 1.165) is 24.0 Å². The molecule has 1 N–H and O–H groups in total. The van der Waals surface area contributed by atoms with Crippen LogP contribution in [0, 0.1) is 5.82 Å². The maximum absolute atomic E-state index is 12.9. The van der Waals surface area contributed by atoms with Gasteiger partial charge in [-0.25, -0.2) is 9.18 Å². The Kier molecular flexibility index (Phi) is 5.83. The van der Waals surface area contributed by atoms with Crippen molar-refractivity contribution in [2.24, 2.45) is 0 Å². The molecule has 0 radical (unpaired) electrons. The van der Waals surface area contributed by atoms with Gasteiger partial charge in [0.15, 0.2) is 0 Å². The average Bonchev–Trinajstić information content (AvgIpc) is 2.30. The second kappa shape index (κ2) is 7.17. The SMILES string of the molecule is CCSCCCOc1ccc(F)cc1C(=O)O. The quantitative estimate of drug-likeness (QED) is 0.764. The van der Waals surface area contributed by atoms with Crippen molar-refractivity contribution in [3.05, 3.63) is 29.6 Å². The number of rotatable bonds is 7. The zero-order valence-electron chi connectivity index (χ0n) is 9.61. The number of hydrogen-bond donors (Lipinski definition) is 1. The summed E-state index contributed by atoms with van der Waals surface area (Å²) in [4.78, 5) is 10.9. The summed E-state index contributed by atoms with van der Waals surface area (Å²) in [6, 6.07) is 3.52. The monoisotopic (exact) mass is 258 g/mol. The highest BCUT2D eigenvalue weighted by molar-refractivity contribution is 7.99. The Bertz CT molecular complexity index is 382. The van der Waals surface area contributed by atoms with Gasteiger partial charge in [-0.2, -0.15) is 11.8 Å². The first-order valence-electron chi connectivity index (χ1n) is 5.38. The van der Waals surface area contributed by atoms with Gasteiger partial charge in [0.25, 0.3) is 0 Å². The normalized spacial score (nSPS) is 10.2. The van der Waals surface area contributed by atoms with E-state index >= 15 is 0 Å². The van der Waals surface area contributed by atoms with Crippen LogP contribution in [0.3, 0.4) is 0 Å². The number of carbonyl (C=O) groups is 1. The highest BCUT2D eigenvalue weighted by atomic mass is 32.2. The molecule has 0 amide bonds. The lowest BCUT2D eigenvalue weighted by atomic mass is 10.2. The van der Waals surface area contributed by atoms with Crippen molar-refractivity contribution < 1.29 is 19.0 Å². The molecule has 0 saturated carbocycles. The van der Waals surface area contributed by atoms with Crippen LogP contribution >= 0.6 is 11.8 Å². The molecule has 1 aromatic carbocycles. The van der Waals surface area contributed by atoms with Crippen molar-refractivity contribution in [2.45, 2.75) is 13.3 Å². The minimum atomic E-state index is -1.18. The summed E-state index contributed by atoms with van der Waals surface area (Å²) in [6.07, 6.45) is 0.842. The van der Waals surface area contributed by atoms with Gasteiger partial charge in [0.1, 0.15) is 17.1 Å². The van der Waals surface area contributed by atoms with Gasteiger partial charge in [0.05, 0.1) is 6.61 Å². The third-order valence-electron chi connectivity index (χ3n) is 2.07. The second-order valence-corrected chi connectivity index (χ2v) is 4.74. The predicted octanol–water partition coefficient (Wildman–Crippen LogP) is 3.05. The van der Waals surface area contributed by atoms with Crippen LogP contribution in [0.5, 0.6) is 5.75 Å². The van der Waals surface area contributed by atoms with Crippen molar-refractivity contribution in [1.82, 2.24) is 0 Å². The molecule has 3 nitrogen and oxygen atoms in total. The second-order valence-electron chi connectivity index (χ2n) is 3.34. The average molecular weight is 258 g/mol. The molecule has 94 valence electrons. The van der Waals surface area contributed by atoms with Crippen LogP contribution in [0.2, 0.25) is 0 Å². The summed E-state index contributed by atoms with van der Waals surface area (Å²) in [6.45, 7) is 2.52. The molecule has 5 heteroatoms. The number of carboxylic acid groups (broad SMARTS) is 1. The lowest BCUT2D eigenvalue weighted by Gasteiger charge is -2.08. The fraction of sp³-hybridized carbons (Fsp3) is 0.417. The topological polar surface area (TPSA) is 46.5 Å². The Morgan fingerprint density at radius 3 is 2.94 bits per heavy atom. The van der Waals surface area contributed by atoms with E-state index in [4.69, 9.17) is 9.84 Å². The van der Waals surface area contributed by atoms with Crippen molar-refractivity contribution in [2.75, 3.05) is 18.1 Å². The van der Waals surface area contributed by atoms with Crippen molar-refractivity contribution >= 4 is 17.7 Å². The van der Waals surface area contributed by atoms with Crippen LogP contribution in [0.25, 0.3) is 0 Å². The van der Waals surface area contributed by atoms with Crippen LogP contribution < -0.4 is 4.74 Å². The maximum atomic E-state index is 12.9. The van der Waals surface area contributed by atoms with Crippen molar-refractivity contribution in [3.63, 3.8) is 0 Å². The molecule has 0 atom stereocenters. The Morgan fingerprint density at radius 2 is 2.29 bits per heavy atom. The molecule has 0 unspecified atom stereocenters. The van der Waals surface area contributed by atoms with Crippen LogP contribution in [-0.2, 0) is 0 Å². The standard InChI is InChI=1S/C12H15FO3S/c1-2-17-7-3-6-16-11-5-4-9(13)8-10(11)12(14)15/h4-5,8H,2-3,6-7H2,1H3,(H,14,15). The summed E-state index contributed by atoms with van der Waals surface area (Å²) in [7, 11) is 0. The highest BCUT2D eigenvalue weighted by Crippen LogP contribution is 2.20. The molecule has 0 bridgehead atoms. The van der Waals surface area contributed by atoms with E-state index in [2.05, 4.69) is 6.92 Å².